The van der Waals surface area contributed by atoms with Gasteiger partial charge in [0.1, 0.15) is 29.9 Å². The summed E-state index contributed by atoms with van der Waals surface area (Å²) in [5.41, 5.74) is 0.355. The van der Waals surface area contributed by atoms with Crippen molar-refractivity contribution in [3.8, 4) is 17.2 Å². The number of rotatable bonds is 10. The van der Waals surface area contributed by atoms with E-state index in [-0.39, 0.29) is 13.2 Å². The highest BCUT2D eigenvalue weighted by atomic mass is 35.5. The first-order valence-electron chi connectivity index (χ1n) is 10.2. The van der Waals surface area contributed by atoms with Gasteiger partial charge in [0.15, 0.2) is 0 Å². The second kappa shape index (κ2) is 11.1. The van der Waals surface area contributed by atoms with Gasteiger partial charge in [0.2, 0.25) is 15.9 Å². The van der Waals surface area contributed by atoms with E-state index in [4.69, 9.17) is 21.1 Å². The highest BCUT2D eigenvalue weighted by Crippen LogP contribution is 2.27. The van der Waals surface area contributed by atoms with Crippen LogP contribution < -0.4 is 19.1 Å². The number of ether oxygens (including phenoxy) is 2. The van der Waals surface area contributed by atoms with E-state index in [0.717, 1.165) is 10.6 Å². The predicted octanol–water partition coefficient (Wildman–Crippen LogP) is 4.48. The molecule has 0 unspecified atom stereocenters. The fraction of sp³-hybridized carbons (Fsp3) is 0.208. The minimum Gasteiger partial charge on any atom is -0.490 e. The van der Waals surface area contributed by atoms with E-state index in [9.17, 15) is 13.2 Å². The molecule has 1 amide bonds. The molecule has 0 aromatic heterocycles. The fourth-order valence-corrected chi connectivity index (χ4v) is 4.50. The molecule has 3 aromatic rings. The van der Waals surface area contributed by atoms with Gasteiger partial charge in [-0.25, -0.2) is 8.42 Å². The summed E-state index contributed by atoms with van der Waals surface area (Å²) in [4.78, 5) is 12.7. The first kappa shape index (κ1) is 24.4. The molecule has 0 fully saturated rings. The van der Waals surface area contributed by atoms with Gasteiger partial charge in [-0.15, -0.1) is 0 Å². The van der Waals surface area contributed by atoms with Gasteiger partial charge in [0.05, 0.1) is 23.5 Å². The third kappa shape index (κ3) is 6.87. The van der Waals surface area contributed by atoms with E-state index in [2.05, 4.69) is 5.32 Å². The van der Waals surface area contributed by atoms with Crippen LogP contribution in [0.3, 0.4) is 0 Å². The zero-order valence-corrected chi connectivity index (χ0v) is 19.8. The smallest absolute Gasteiger partial charge is 0.243 e. The van der Waals surface area contributed by atoms with Gasteiger partial charge >= 0.3 is 0 Å². The molecular weight excluding hydrogens is 464 g/mol. The lowest BCUT2D eigenvalue weighted by Gasteiger charge is -2.28. The van der Waals surface area contributed by atoms with Crippen molar-refractivity contribution in [3.05, 3.63) is 83.9 Å². The number of para-hydroxylation sites is 2. The zero-order valence-electron chi connectivity index (χ0n) is 18.3. The molecule has 33 heavy (non-hydrogen) atoms. The summed E-state index contributed by atoms with van der Waals surface area (Å²) in [6.07, 6.45) is 1.06. The van der Waals surface area contributed by atoms with Crippen LogP contribution in [0.25, 0.3) is 0 Å². The normalized spacial score (nSPS) is 12.0. The van der Waals surface area contributed by atoms with Crippen LogP contribution in [-0.2, 0) is 14.8 Å². The van der Waals surface area contributed by atoms with Gasteiger partial charge in [-0.05, 0) is 55.5 Å². The van der Waals surface area contributed by atoms with E-state index < -0.39 is 22.0 Å². The molecule has 0 aliphatic carbocycles. The van der Waals surface area contributed by atoms with Crippen LogP contribution in [0.2, 0.25) is 5.02 Å². The Morgan fingerprint density at radius 2 is 1.58 bits per heavy atom. The molecular formula is C24H25ClN2O5S. The number of halogens is 1. The molecule has 174 valence electrons. The summed E-state index contributed by atoms with van der Waals surface area (Å²) >= 11 is 6.04. The van der Waals surface area contributed by atoms with Crippen molar-refractivity contribution in [3.63, 3.8) is 0 Å². The van der Waals surface area contributed by atoms with Crippen LogP contribution in [0, 0.1) is 0 Å². The standard InChI is InChI=1S/C24H25ClN2O5S/c1-18(24(28)26-16-17-31-23-11-7-6-10-22(23)25)27(33(2,29)30)19-12-14-21(15-13-19)32-20-8-4-3-5-9-20/h3-15,18H,16-17H2,1-2H3,(H,26,28)/t18-/m1/s1. The molecule has 0 saturated carbocycles. The lowest BCUT2D eigenvalue weighted by atomic mass is 10.2. The molecule has 7 nitrogen and oxygen atoms in total. The van der Waals surface area contributed by atoms with Crippen LogP contribution in [0.5, 0.6) is 17.2 Å². The van der Waals surface area contributed by atoms with Crippen molar-refractivity contribution in [2.45, 2.75) is 13.0 Å². The minimum atomic E-state index is -3.73. The van der Waals surface area contributed by atoms with Crippen LogP contribution >= 0.6 is 11.6 Å². The first-order valence-corrected chi connectivity index (χ1v) is 12.5. The van der Waals surface area contributed by atoms with Crippen molar-refractivity contribution >= 4 is 33.2 Å². The van der Waals surface area contributed by atoms with Crippen LogP contribution in [0.4, 0.5) is 5.69 Å². The Bertz CT molecular complexity index is 1170. The Hall–Kier alpha value is -3.23. The molecule has 1 atom stereocenters. The molecule has 0 bridgehead atoms. The zero-order chi connectivity index (χ0) is 23.8. The van der Waals surface area contributed by atoms with Gasteiger partial charge in [0.25, 0.3) is 0 Å². The Balaban J connectivity index is 1.63. The number of hydrogen-bond donors (Lipinski definition) is 1. The van der Waals surface area contributed by atoms with Crippen LogP contribution in [0.15, 0.2) is 78.9 Å². The Morgan fingerprint density at radius 1 is 0.970 bits per heavy atom. The molecule has 3 rings (SSSR count). The Labute approximate surface area is 198 Å². The number of nitrogens with zero attached hydrogens (tertiary/aromatic N) is 1. The summed E-state index contributed by atoms with van der Waals surface area (Å²) in [6.45, 7) is 1.90. The second-order valence-corrected chi connectivity index (χ2v) is 9.48. The first-order chi connectivity index (χ1) is 15.8. The number of benzene rings is 3. The molecule has 0 spiro atoms. The molecule has 0 aliphatic heterocycles. The predicted molar refractivity (Wildman–Crippen MR) is 130 cm³/mol. The summed E-state index contributed by atoms with van der Waals surface area (Å²) in [6, 6.07) is 21.8. The molecule has 0 radical (unpaired) electrons. The van der Waals surface area contributed by atoms with Gasteiger partial charge in [0, 0.05) is 0 Å². The topological polar surface area (TPSA) is 84.9 Å². The Morgan fingerprint density at radius 3 is 2.21 bits per heavy atom. The van der Waals surface area contributed by atoms with E-state index in [1.165, 1.54) is 6.92 Å². The summed E-state index contributed by atoms with van der Waals surface area (Å²) in [7, 11) is -3.73. The van der Waals surface area contributed by atoms with Crippen LogP contribution in [-0.4, -0.2) is 39.8 Å². The number of sulfonamides is 1. The molecule has 0 heterocycles. The van der Waals surface area contributed by atoms with E-state index in [1.807, 2.05) is 30.3 Å². The molecule has 0 aliphatic rings. The van der Waals surface area contributed by atoms with Gasteiger partial charge in [-0.2, -0.15) is 0 Å². The van der Waals surface area contributed by atoms with Gasteiger partial charge in [-0.1, -0.05) is 41.9 Å². The number of carbonyl (C=O) groups excluding carboxylic acids is 1. The number of hydrogen-bond acceptors (Lipinski definition) is 5. The van der Waals surface area contributed by atoms with Crippen molar-refractivity contribution in [1.29, 1.82) is 0 Å². The van der Waals surface area contributed by atoms with Crippen molar-refractivity contribution < 1.29 is 22.7 Å². The highest BCUT2D eigenvalue weighted by molar-refractivity contribution is 7.92. The number of amides is 1. The van der Waals surface area contributed by atoms with Crippen molar-refractivity contribution in [2.24, 2.45) is 0 Å². The quantitative estimate of drug-likeness (QED) is 0.425. The maximum atomic E-state index is 12.7. The average molecular weight is 489 g/mol. The molecule has 1 N–H and O–H groups in total. The lowest BCUT2D eigenvalue weighted by Crippen LogP contribution is -2.48. The summed E-state index contributed by atoms with van der Waals surface area (Å²) in [5, 5.41) is 3.17. The largest absolute Gasteiger partial charge is 0.490 e. The number of nitrogens with one attached hydrogen (secondary N) is 1. The average Bonchev–Trinajstić information content (AvgIpc) is 2.78. The van der Waals surface area contributed by atoms with Gasteiger partial charge < -0.3 is 14.8 Å². The highest BCUT2D eigenvalue weighted by Gasteiger charge is 2.29. The summed E-state index contributed by atoms with van der Waals surface area (Å²) in [5.74, 6) is 1.27. The number of carbonyl (C=O) groups is 1. The maximum Gasteiger partial charge on any atom is 0.243 e. The minimum absolute atomic E-state index is 0.187. The second-order valence-electron chi connectivity index (χ2n) is 7.21. The summed E-state index contributed by atoms with van der Waals surface area (Å²) < 4.78 is 37.3. The molecule has 3 aromatic carbocycles. The van der Waals surface area contributed by atoms with Crippen LogP contribution in [0.1, 0.15) is 6.92 Å². The SMILES string of the molecule is C[C@H](C(=O)NCCOc1ccccc1Cl)N(c1ccc(Oc2ccccc2)cc1)S(C)(=O)=O. The Kier molecular flexibility index (Phi) is 8.19. The third-order valence-electron chi connectivity index (χ3n) is 4.65. The molecule has 9 heteroatoms. The number of anilines is 1. The molecule has 0 saturated heterocycles. The van der Waals surface area contributed by atoms with Gasteiger partial charge in [-0.3, -0.25) is 9.10 Å². The monoisotopic (exact) mass is 488 g/mol. The van der Waals surface area contributed by atoms with Crippen molar-refractivity contribution in [1.82, 2.24) is 5.32 Å². The van der Waals surface area contributed by atoms with E-state index in [0.29, 0.717) is 28.0 Å². The van der Waals surface area contributed by atoms with E-state index in [1.54, 1.807) is 48.5 Å². The lowest BCUT2D eigenvalue weighted by molar-refractivity contribution is -0.121. The fourth-order valence-electron chi connectivity index (χ4n) is 3.14. The van der Waals surface area contributed by atoms with Crippen molar-refractivity contribution in [2.75, 3.05) is 23.7 Å². The third-order valence-corrected chi connectivity index (χ3v) is 6.21. The van der Waals surface area contributed by atoms with E-state index >= 15 is 0 Å². The maximum absolute atomic E-state index is 12.7.